The van der Waals surface area contributed by atoms with Gasteiger partial charge in [0, 0.05) is 18.6 Å². The van der Waals surface area contributed by atoms with E-state index in [2.05, 4.69) is 23.8 Å². The van der Waals surface area contributed by atoms with Gasteiger partial charge in [-0.25, -0.2) is 0 Å². The lowest BCUT2D eigenvalue weighted by molar-refractivity contribution is 0.167. The molecule has 0 saturated heterocycles. The molecule has 0 aliphatic carbocycles. The largest absolute Gasteiger partial charge is 0.380 e. The van der Waals surface area contributed by atoms with E-state index >= 15 is 0 Å². The van der Waals surface area contributed by atoms with Gasteiger partial charge in [-0.3, -0.25) is 4.68 Å². The Hall–Kier alpha value is -0.130. The molecule has 5 heteroatoms. The summed E-state index contributed by atoms with van der Waals surface area (Å²) in [6.45, 7) is 3.50. The highest BCUT2D eigenvalue weighted by Gasteiger charge is 2.01. The second kappa shape index (κ2) is 6.37. The molecule has 0 amide bonds. The number of nitrogens with zero attached hydrogens (tertiary/aromatic N) is 2. The minimum Gasteiger partial charge on any atom is -0.380 e. The van der Waals surface area contributed by atoms with Gasteiger partial charge in [0.2, 0.25) is 0 Å². The Kier molecular flexibility index (Phi) is 5.44. The van der Waals surface area contributed by atoms with Crippen LogP contribution in [-0.4, -0.2) is 34.5 Å². The topological polar surface area (TPSA) is 27.1 Å². The predicted molar refractivity (Wildman–Crippen MR) is 63.3 cm³/mol. The van der Waals surface area contributed by atoms with E-state index in [0.29, 0.717) is 0 Å². The lowest BCUT2D eigenvalue weighted by Crippen LogP contribution is -2.01. The number of aryl methyl sites for hydroxylation is 2. The summed E-state index contributed by atoms with van der Waals surface area (Å²) in [7, 11) is 1.96. The fourth-order valence-corrected chi connectivity index (χ4v) is 2.11. The molecule has 0 aliphatic rings. The summed E-state index contributed by atoms with van der Waals surface area (Å²) in [5, 5.41) is 5.46. The van der Waals surface area contributed by atoms with Crippen LogP contribution in [0.3, 0.4) is 0 Å². The molecular formula is C9H16N2OS2. The number of ether oxygens (including phenoxy) is 1. The third kappa shape index (κ3) is 3.94. The molecule has 0 fully saturated rings. The molecule has 0 saturated carbocycles. The Balaban J connectivity index is 2.21. The summed E-state index contributed by atoms with van der Waals surface area (Å²) < 4.78 is 7.23. The number of thiol groups is 1. The number of hydrogen-bond acceptors (Lipinski definition) is 4. The van der Waals surface area contributed by atoms with Crippen molar-refractivity contribution < 1.29 is 4.74 Å². The molecule has 0 unspecified atom stereocenters. The summed E-state index contributed by atoms with van der Waals surface area (Å²) in [4.78, 5) is 0. The van der Waals surface area contributed by atoms with Crippen LogP contribution in [-0.2, 0) is 11.8 Å². The fourth-order valence-electron chi connectivity index (χ4n) is 1.09. The van der Waals surface area contributed by atoms with Gasteiger partial charge < -0.3 is 4.74 Å². The Morgan fingerprint density at radius 3 is 2.93 bits per heavy atom. The van der Waals surface area contributed by atoms with Crippen LogP contribution in [0, 0.1) is 6.92 Å². The second-order valence-corrected chi connectivity index (χ2v) is 4.49. The molecule has 0 atom stereocenters. The monoisotopic (exact) mass is 232 g/mol. The van der Waals surface area contributed by atoms with Crippen LogP contribution in [0.2, 0.25) is 0 Å². The quantitative estimate of drug-likeness (QED) is 0.460. The van der Waals surface area contributed by atoms with Crippen molar-refractivity contribution in [2.45, 2.75) is 11.9 Å². The first-order valence-electron chi connectivity index (χ1n) is 4.56. The van der Waals surface area contributed by atoms with Gasteiger partial charge in [0.25, 0.3) is 0 Å². The lowest BCUT2D eigenvalue weighted by Gasteiger charge is -2.02. The van der Waals surface area contributed by atoms with Crippen LogP contribution in [0.5, 0.6) is 0 Å². The van der Waals surface area contributed by atoms with Gasteiger partial charge in [-0.1, -0.05) is 0 Å². The molecule has 3 nitrogen and oxygen atoms in total. The van der Waals surface area contributed by atoms with Crippen molar-refractivity contribution >= 4 is 24.4 Å². The Labute approximate surface area is 94.6 Å². The van der Waals surface area contributed by atoms with Crippen LogP contribution >= 0.6 is 24.4 Å². The van der Waals surface area contributed by atoms with E-state index in [1.807, 2.05) is 18.7 Å². The fraction of sp³-hybridized carbons (Fsp3) is 0.667. The molecule has 0 N–H and O–H groups in total. The average Bonchev–Trinajstić information content (AvgIpc) is 2.45. The van der Waals surface area contributed by atoms with Crippen molar-refractivity contribution in [1.29, 1.82) is 0 Å². The molecular weight excluding hydrogens is 216 g/mol. The Morgan fingerprint density at radius 2 is 2.36 bits per heavy atom. The average molecular weight is 232 g/mol. The van der Waals surface area contributed by atoms with Gasteiger partial charge in [0.1, 0.15) is 0 Å². The summed E-state index contributed by atoms with van der Waals surface area (Å²) in [6.07, 6.45) is 0. The first kappa shape index (κ1) is 11.9. The van der Waals surface area contributed by atoms with E-state index in [1.54, 1.807) is 11.8 Å². The van der Waals surface area contributed by atoms with Crippen LogP contribution in [0.1, 0.15) is 5.69 Å². The zero-order valence-electron chi connectivity index (χ0n) is 8.56. The first-order valence-corrected chi connectivity index (χ1v) is 6.18. The van der Waals surface area contributed by atoms with E-state index in [0.717, 1.165) is 30.4 Å². The molecule has 0 aliphatic heterocycles. The van der Waals surface area contributed by atoms with Gasteiger partial charge >= 0.3 is 0 Å². The molecule has 1 aromatic rings. The van der Waals surface area contributed by atoms with Crippen molar-refractivity contribution in [3.63, 3.8) is 0 Å². The summed E-state index contributed by atoms with van der Waals surface area (Å²) >= 11 is 5.84. The first-order chi connectivity index (χ1) is 6.74. The smallest absolute Gasteiger partial charge is 0.0940 e. The molecule has 0 spiro atoms. The van der Waals surface area contributed by atoms with Crippen LogP contribution in [0.15, 0.2) is 11.1 Å². The van der Waals surface area contributed by atoms with Gasteiger partial charge in [-0.15, -0.1) is 11.8 Å². The molecule has 80 valence electrons. The van der Waals surface area contributed by atoms with Crippen molar-refractivity contribution in [1.82, 2.24) is 9.78 Å². The minimum atomic E-state index is 0.730. The third-order valence-corrected chi connectivity index (χ3v) is 2.90. The van der Waals surface area contributed by atoms with Gasteiger partial charge in [-0.2, -0.15) is 17.7 Å². The van der Waals surface area contributed by atoms with Crippen molar-refractivity contribution in [2.24, 2.45) is 7.05 Å². The number of rotatable bonds is 6. The molecule has 1 heterocycles. The van der Waals surface area contributed by atoms with E-state index < -0.39 is 0 Å². The molecule has 14 heavy (non-hydrogen) atoms. The minimum absolute atomic E-state index is 0.730. The van der Waals surface area contributed by atoms with E-state index in [9.17, 15) is 0 Å². The molecule has 1 aromatic heterocycles. The Morgan fingerprint density at radius 1 is 1.57 bits per heavy atom. The zero-order valence-corrected chi connectivity index (χ0v) is 10.3. The standard InChI is InChI=1S/C9H16N2OS2/c1-8-7-9(11(2)10-8)14-6-4-12-3-5-13/h7,13H,3-6H2,1-2H3. The van der Waals surface area contributed by atoms with Crippen molar-refractivity contribution in [3.8, 4) is 0 Å². The maximum atomic E-state index is 5.32. The van der Waals surface area contributed by atoms with E-state index in [4.69, 9.17) is 4.74 Å². The summed E-state index contributed by atoms with van der Waals surface area (Å²) in [5.41, 5.74) is 1.06. The maximum Gasteiger partial charge on any atom is 0.0940 e. The number of aromatic nitrogens is 2. The summed E-state index contributed by atoms with van der Waals surface area (Å²) in [6, 6.07) is 2.09. The SMILES string of the molecule is Cc1cc(SCCOCCS)n(C)n1. The predicted octanol–water partition coefficient (Wildman–Crippen LogP) is 1.77. The second-order valence-electron chi connectivity index (χ2n) is 2.93. The highest BCUT2D eigenvalue weighted by molar-refractivity contribution is 7.99. The van der Waals surface area contributed by atoms with Crippen LogP contribution in [0.25, 0.3) is 0 Å². The maximum absolute atomic E-state index is 5.32. The van der Waals surface area contributed by atoms with Crippen molar-refractivity contribution in [2.75, 3.05) is 24.7 Å². The van der Waals surface area contributed by atoms with Gasteiger partial charge in [-0.05, 0) is 13.0 Å². The van der Waals surface area contributed by atoms with Gasteiger partial charge in [0.15, 0.2) is 0 Å². The number of thioether (sulfide) groups is 1. The highest BCUT2D eigenvalue weighted by Crippen LogP contribution is 2.17. The third-order valence-electron chi connectivity index (χ3n) is 1.67. The van der Waals surface area contributed by atoms with Gasteiger partial charge in [0.05, 0.1) is 23.9 Å². The summed E-state index contributed by atoms with van der Waals surface area (Å²) in [5.74, 6) is 1.75. The molecule has 1 rings (SSSR count). The van der Waals surface area contributed by atoms with E-state index in [-0.39, 0.29) is 0 Å². The molecule has 0 bridgehead atoms. The molecule has 0 radical (unpaired) electrons. The van der Waals surface area contributed by atoms with Crippen LogP contribution < -0.4 is 0 Å². The van der Waals surface area contributed by atoms with E-state index in [1.165, 1.54) is 5.03 Å². The van der Waals surface area contributed by atoms with Crippen molar-refractivity contribution in [3.05, 3.63) is 11.8 Å². The Bertz CT molecular complexity index is 276. The molecule has 0 aromatic carbocycles. The zero-order chi connectivity index (χ0) is 10.4. The normalized spacial score (nSPS) is 10.8. The highest BCUT2D eigenvalue weighted by atomic mass is 32.2. The number of hydrogen-bond donors (Lipinski definition) is 1. The lowest BCUT2D eigenvalue weighted by atomic mass is 10.5. The van der Waals surface area contributed by atoms with Crippen LogP contribution in [0.4, 0.5) is 0 Å².